The van der Waals surface area contributed by atoms with E-state index in [-0.39, 0.29) is 10.8 Å². The second kappa shape index (κ2) is 15.6. The van der Waals surface area contributed by atoms with Gasteiger partial charge in [-0.2, -0.15) is 0 Å². The van der Waals surface area contributed by atoms with Gasteiger partial charge in [0, 0.05) is 45.3 Å². The van der Waals surface area contributed by atoms with E-state index < -0.39 is 5.41 Å². The van der Waals surface area contributed by atoms with Crippen LogP contribution in [0.1, 0.15) is 74.9 Å². The van der Waals surface area contributed by atoms with Gasteiger partial charge >= 0.3 is 0 Å². The van der Waals surface area contributed by atoms with Gasteiger partial charge in [-0.05, 0) is 151 Å². The quantitative estimate of drug-likeness (QED) is 0.155. The van der Waals surface area contributed by atoms with Crippen LogP contribution in [0.15, 0.2) is 218 Å². The molecule has 1 heterocycles. The third-order valence-corrected chi connectivity index (χ3v) is 14.4. The fourth-order valence-electron chi connectivity index (χ4n) is 11.1. The largest absolute Gasteiger partial charge is 0.457 e. The van der Waals surface area contributed by atoms with Gasteiger partial charge in [-0.1, -0.05) is 175 Å². The van der Waals surface area contributed by atoms with Gasteiger partial charge in [-0.15, -0.1) is 0 Å². The van der Waals surface area contributed by atoms with Crippen molar-refractivity contribution in [1.29, 1.82) is 0 Å². The number of benzene rings is 10. The molecule has 0 atom stereocenters. The van der Waals surface area contributed by atoms with E-state index in [0.29, 0.717) is 0 Å². The van der Waals surface area contributed by atoms with Crippen molar-refractivity contribution in [2.24, 2.45) is 0 Å². The molecule has 1 aliphatic carbocycles. The Hall–Kier alpha value is -7.88. The molecule has 330 valence electrons. The number of rotatable bonds is 6. The van der Waals surface area contributed by atoms with Crippen molar-refractivity contribution in [3.63, 3.8) is 0 Å². The van der Waals surface area contributed by atoms with Crippen molar-refractivity contribution < 1.29 is 4.74 Å². The summed E-state index contributed by atoms with van der Waals surface area (Å²) >= 11 is 0. The SMILES string of the molecule is CC(C)(C)c1ccc(N(c2ccccc2)c2ccc3c(c2)C2(c4ccccc4Oc4ccccc42)c2c-3c3ccccc3c3cc(N(c4ccccc4)c4ccc(C(C)(C)C)cc4)ccc23)cc1. The summed E-state index contributed by atoms with van der Waals surface area (Å²) in [5, 5.41) is 4.89. The summed E-state index contributed by atoms with van der Waals surface area (Å²) in [5.41, 5.74) is 15.9. The first-order valence-electron chi connectivity index (χ1n) is 23.9. The monoisotopic (exact) mass is 878 g/mol. The Labute approximate surface area is 400 Å². The van der Waals surface area contributed by atoms with E-state index in [1.807, 2.05) is 0 Å². The van der Waals surface area contributed by atoms with Crippen LogP contribution in [-0.4, -0.2) is 0 Å². The van der Waals surface area contributed by atoms with Crippen molar-refractivity contribution in [1.82, 2.24) is 0 Å². The summed E-state index contributed by atoms with van der Waals surface area (Å²) in [5.74, 6) is 1.75. The van der Waals surface area contributed by atoms with Crippen LogP contribution in [0, 0.1) is 0 Å². The van der Waals surface area contributed by atoms with Crippen molar-refractivity contribution in [2.45, 2.75) is 57.8 Å². The predicted octanol–water partition coefficient (Wildman–Crippen LogP) is 18.0. The Morgan fingerprint density at radius 2 is 0.765 bits per heavy atom. The van der Waals surface area contributed by atoms with Gasteiger partial charge in [0.2, 0.25) is 0 Å². The van der Waals surface area contributed by atoms with Crippen molar-refractivity contribution in [3.8, 4) is 22.6 Å². The lowest BCUT2D eigenvalue weighted by Crippen LogP contribution is -2.32. The molecule has 3 nitrogen and oxygen atoms in total. The van der Waals surface area contributed by atoms with E-state index >= 15 is 0 Å². The fraction of sp³-hybridized carbons (Fsp3) is 0.138. The highest BCUT2D eigenvalue weighted by Crippen LogP contribution is 2.65. The van der Waals surface area contributed by atoms with Crippen LogP contribution in [0.2, 0.25) is 0 Å². The molecule has 0 bridgehead atoms. The van der Waals surface area contributed by atoms with Gasteiger partial charge in [-0.3, -0.25) is 0 Å². The van der Waals surface area contributed by atoms with Crippen LogP contribution in [0.4, 0.5) is 34.1 Å². The van der Waals surface area contributed by atoms with Crippen LogP contribution in [0.25, 0.3) is 32.7 Å². The number of nitrogens with zero attached hydrogens (tertiary/aromatic N) is 2. The topological polar surface area (TPSA) is 15.7 Å². The number of para-hydroxylation sites is 4. The Balaban J connectivity index is 1.16. The maximum absolute atomic E-state index is 6.91. The average molecular weight is 879 g/mol. The van der Waals surface area contributed by atoms with Gasteiger partial charge in [0.25, 0.3) is 0 Å². The zero-order valence-electron chi connectivity index (χ0n) is 39.6. The zero-order chi connectivity index (χ0) is 46.4. The molecule has 0 radical (unpaired) electrons. The molecule has 0 fully saturated rings. The second-order valence-electron chi connectivity index (χ2n) is 20.5. The average Bonchev–Trinajstić information content (AvgIpc) is 3.65. The Morgan fingerprint density at radius 3 is 1.29 bits per heavy atom. The minimum atomic E-state index is -0.726. The summed E-state index contributed by atoms with van der Waals surface area (Å²) in [6.07, 6.45) is 0. The summed E-state index contributed by atoms with van der Waals surface area (Å²) in [4.78, 5) is 4.81. The lowest BCUT2D eigenvalue weighted by molar-refractivity contribution is 0.437. The highest BCUT2D eigenvalue weighted by molar-refractivity contribution is 6.20. The second-order valence-corrected chi connectivity index (χ2v) is 20.5. The third kappa shape index (κ3) is 6.48. The van der Waals surface area contributed by atoms with Crippen molar-refractivity contribution in [2.75, 3.05) is 9.80 Å². The number of hydrogen-bond acceptors (Lipinski definition) is 3. The number of fused-ring (bicyclic) bond motifs is 14. The molecule has 10 aromatic rings. The lowest BCUT2D eigenvalue weighted by Gasteiger charge is -2.40. The van der Waals surface area contributed by atoms with E-state index in [1.54, 1.807) is 0 Å². The van der Waals surface area contributed by atoms with E-state index in [2.05, 4.69) is 270 Å². The number of anilines is 6. The van der Waals surface area contributed by atoms with Gasteiger partial charge in [0.05, 0.1) is 5.41 Å². The zero-order valence-corrected chi connectivity index (χ0v) is 39.6. The van der Waals surface area contributed by atoms with E-state index in [4.69, 9.17) is 4.74 Å². The molecule has 12 rings (SSSR count). The van der Waals surface area contributed by atoms with Crippen molar-refractivity contribution >= 4 is 55.7 Å². The Morgan fingerprint density at radius 1 is 0.338 bits per heavy atom. The highest BCUT2D eigenvalue weighted by atomic mass is 16.5. The van der Waals surface area contributed by atoms with Gasteiger partial charge in [-0.25, -0.2) is 0 Å². The first-order chi connectivity index (χ1) is 33.0. The van der Waals surface area contributed by atoms with E-state index in [0.717, 1.165) is 56.8 Å². The van der Waals surface area contributed by atoms with Crippen LogP contribution < -0.4 is 14.5 Å². The molecular formula is C65H54N2O. The Bertz CT molecular complexity index is 3500. The smallest absolute Gasteiger partial charge is 0.132 e. The molecule has 68 heavy (non-hydrogen) atoms. The molecule has 0 aromatic heterocycles. The van der Waals surface area contributed by atoms with Crippen LogP contribution >= 0.6 is 0 Å². The molecule has 0 N–H and O–H groups in total. The van der Waals surface area contributed by atoms with E-state index in [9.17, 15) is 0 Å². The third-order valence-electron chi connectivity index (χ3n) is 14.4. The molecule has 10 aromatic carbocycles. The first kappa shape index (κ1) is 41.5. The highest BCUT2D eigenvalue weighted by Gasteiger charge is 2.53. The molecule has 3 heteroatoms. The molecule has 2 aliphatic rings. The van der Waals surface area contributed by atoms with Crippen LogP contribution in [-0.2, 0) is 16.2 Å². The van der Waals surface area contributed by atoms with Crippen LogP contribution in [0.3, 0.4) is 0 Å². The fourth-order valence-corrected chi connectivity index (χ4v) is 11.1. The maximum atomic E-state index is 6.91. The standard InChI is InChI=1S/C65H54N2O/c1-63(2,3)43-29-33-47(34-30-43)66(45-19-9-7-10-20-45)49-37-39-53-55(41-49)51-23-13-14-24-52(51)61-54-40-38-50(67(46-21-11-8-12-22-46)48-35-31-44(32-36-48)64(4,5)6)42-58(54)65(62(53)61)56-25-15-17-27-59(56)68-60-28-18-16-26-57(60)65/h7-42H,1-6H3. The van der Waals surface area contributed by atoms with Gasteiger partial charge < -0.3 is 14.5 Å². The lowest BCUT2D eigenvalue weighted by atomic mass is 9.65. The number of ether oxygens (including phenoxy) is 1. The summed E-state index contributed by atoms with van der Waals surface area (Å²) < 4.78 is 6.91. The molecule has 0 saturated heterocycles. The van der Waals surface area contributed by atoms with E-state index in [1.165, 1.54) is 54.9 Å². The molecule has 0 saturated carbocycles. The molecular weight excluding hydrogens is 825 g/mol. The first-order valence-corrected chi connectivity index (χ1v) is 23.9. The molecule has 0 amide bonds. The number of hydrogen-bond donors (Lipinski definition) is 0. The maximum Gasteiger partial charge on any atom is 0.132 e. The summed E-state index contributed by atoms with van der Waals surface area (Å²) in [6, 6.07) is 80.6. The molecule has 1 spiro atoms. The minimum absolute atomic E-state index is 0.0372. The van der Waals surface area contributed by atoms with Gasteiger partial charge in [0.1, 0.15) is 11.5 Å². The van der Waals surface area contributed by atoms with Crippen molar-refractivity contribution in [3.05, 3.63) is 252 Å². The molecule has 0 unspecified atom stereocenters. The molecule has 1 aliphatic heterocycles. The van der Waals surface area contributed by atoms with Gasteiger partial charge in [0.15, 0.2) is 0 Å². The normalized spacial score (nSPS) is 13.4. The predicted molar refractivity (Wildman–Crippen MR) is 286 cm³/mol. The summed E-state index contributed by atoms with van der Waals surface area (Å²) in [6.45, 7) is 13.6. The Kier molecular flexibility index (Phi) is 9.53. The minimum Gasteiger partial charge on any atom is -0.457 e. The summed E-state index contributed by atoms with van der Waals surface area (Å²) in [7, 11) is 0. The van der Waals surface area contributed by atoms with Crippen LogP contribution in [0.5, 0.6) is 11.5 Å².